The normalized spacial score (nSPS) is 15.7. The molecule has 1 amide bonds. The van der Waals surface area contributed by atoms with Crippen molar-refractivity contribution in [2.24, 2.45) is 0 Å². The Morgan fingerprint density at radius 2 is 2.00 bits per heavy atom. The van der Waals surface area contributed by atoms with E-state index < -0.39 is 4.92 Å². The molecule has 20 heavy (non-hydrogen) atoms. The third-order valence-electron chi connectivity index (χ3n) is 3.67. The van der Waals surface area contributed by atoms with Crippen LogP contribution in [0.5, 0.6) is 0 Å². The zero-order chi connectivity index (χ0) is 14.5. The van der Waals surface area contributed by atoms with Crippen LogP contribution in [0.2, 0.25) is 0 Å². The lowest BCUT2D eigenvalue weighted by Crippen LogP contribution is -2.36. The number of nitrogens with one attached hydrogen (secondary N) is 2. The minimum absolute atomic E-state index is 0.0798. The number of nitro groups is 1. The third-order valence-corrected chi connectivity index (χ3v) is 3.67. The summed E-state index contributed by atoms with van der Waals surface area (Å²) in [7, 11) is 1.58. The Morgan fingerprint density at radius 3 is 2.60 bits per heavy atom. The molecule has 1 fully saturated rings. The van der Waals surface area contributed by atoms with Gasteiger partial charge < -0.3 is 10.6 Å². The topological polar surface area (TPSA) is 84.3 Å². The molecule has 1 aliphatic rings. The Hall–Kier alpha value is -2.11. The second-order valence-electron chi connectivity index (χ2n) is 5.02. The van der Waals surface area contributed by atoms with Crippen LogP contribution in [0.3, 0.4) is 0 Å². The maximum Gasteiger partial charge on any atom is 0.293 e. The van der Waals surface area contributed by atoms with Crippen LogP contribution in [0.4, 0.5) is 11.4 Å². The Bertz CT molecular complexity index is 510. The molecule has 2 rings (SSSR count). The maximum atomic E-state index is 12.3. The van der Waals surface area contributed by atoms with Crippen LogP contribution in [-0.2, 0) is 0 Å². The molecule has 1 aliphatic carbocycles. The van der Waals surface area contributed by atoms with Crippen LogP contribution in [0, 0.1) is 10.1 Å². The molecule has 0 unspecified atom stereocenters. The first-order valence-electron chi connectivity index (χ1n) is 6.89. The number of carbonyl (C=O) groups is 1. The molecular formula is C14H19N3O3. The second kappa shape index (κ2) is 6.36. The molecular weight excluding hydrogens is 258 g/mol. The summed E-state index contributed by atoms with van der Waals surface area (Å²) in [6.45, 7) is 0. The fraction of sp³-hybridized carbons (Fsp3) is 0.500. The summed E-state index contributed by atoms with van der Waals surface area (Å²) in [4.78, 5) is 22.8. The van der Waals surface area contributed by atoms with E-state index in [1.807, 2.05) is 0 Å². The van der Waals surface area contributed by atoms with Gasteiger partial charge in [-0.15, -0.1) is 0 Å². The monoisotopic (exact) mass is 277 g/mol. The van der Waals surface area contributed by atoms with E-state index in [0.717, 1.165) is 25.7 Å². The van der Waals surface area contributed by atoms with Gasteiger partial charge in [0.15, 0.2) is 0 Å². The fourth-order valence-corrected chi connectivity index (χ4v) is 2.65. The van der Waals surface area contributed by atoms with Gasteiger partial charge in [0.25, 0.3) is 11.6 Å². The van der Waals surface area contributed by atoms with E-state index in [9.17, 15) is 14.9 Å². The molecule has 0 aromatic heterocycles. The number of para-hydroxylation sites is 1. The Kier molecular flexibility index (Phi) is 4.55. The highest BCUT2D eigenvalue weighted by molar-refractivity contribution is 6.01. The van der Waals surface area contributed by atoms with E-state index in [0.29, 0.717) is 5.56 Å². The van der Waals surface area contributed by atoms with Crippen LogP contribution >= 0.6 is 0 Å². The van der Waals surface area contributed by atoms with Gasteiger partial charge in [-0.2, -0.15) is 0 Å². The zero-order valence-electron chi connectivity index (χ0n) is 11.5. The average molecular weight is 277 g/mol. The lowest BCUT2D eigenvalue weighted by Gasteiger charge is -2.23. The van der Waals surface area contributed by atoms with Gasteiger partial charge in [-0.25, -0.2) is 0 Å². The van der Waals surface area contributed by atoms with Crippen LogP contribution in [0.1, 0.15) is 42.5 Å². The van der Waals surface area contributed by atoms with Crippen LogP contribution in [0.25, 0.3) is 0 Å². The molecule has 0 radical (unpaired) electrons. The summed E-state index contributed by atoms with van der Waals surface area (Å²) in [5, 5.41) is 16.7. The smallest absolute Gasteiger partial charge is 0.293 e. The van der Waals surface area contributed by atoms with Crippen LogP contribution in [0.15, 0.2) is 18.2 Å². The summed E-state index contributed by atoms with van der Waals surface area (Å²) < 4.78 is 0. The van der Waals surface area contributed by atoms with E-state index >= 15 is 0 Å². The quantitative estimate of drug-likeness (QED) is 0.654. The van der Waals surface area contributed by atoms with Crippen molar-refractivity contribution in [1.29, 1.82) is 0 Å². The fourth-order valence-electron chi connectivity index (χ4n) is 2.65. The highest BCUT2D eigenvalue weighted by Gasteiger charge is 2.23. The molecule has 108 valence electrons. The van der Waals surface area contributed by atoms with Gasteiger partial charge >= 0.3 is 0 Å². The molecule has 6 nitrogen and oxygen atoms in total. The minimum Gasteiger partial charge on any atom is -0.382 e. The van der Waals surface area contributed by atoms with Crippen molar-refractivity contribution in [3.63, 3.8) is 0 Å². The van der Waals surface area contributed by atoms with E-state index in [-0.39, 0.29) is 23.3 Å². The van der Waals surface area contributed by atoms with Crippen molar-refractivity contribution in [2.75, 3.05) is 12.4 Å². The van der Waals surface area contributed by atoms with Gasteiger partial charge in [-0.1, -0.05) is 25.3 Å². The van der Waals surface area contributed by atoms with Gasteiger partial charge in [-0.3, -0.25) is 14.9 Å². The lowest BCUT2D eigenvalue weighted by molar-refractivity contribution is -0.384. The van der Waals surface area contributed by atoms with Gasteiger partial charge in [0.2, 0.25) is 0 Å². The number of rotatable bonds is 4. The molecule has 1 saturated carbocycles. The van der Waals surface area contributed by atoms with Crippen molar-refractivity contribution < 1.29 is 9.72 Å². The van der Waals surface area contributed by atoms with Crippen molar-refractivity contribution in [3.05, 3.63) is 33.9 Å². The predicted octanol–water partition coefficient (Wildman–Crippen LogP) is 2.70. The molecule has 6 heteroatoms. The Labute approximate surface area is 117 Å². The summed E-state index contributed by atoms with van der Waals surface area (Å²) >= 11 is 0. The molecule has 2 N–H and O–H groups in total. The van der Waals surface area contributed by atoms with Crippen LogP contribution in [-0.4, -0.2) is 23.9 Å². The van der Waals surface area contributed by atoms with Gasteiger partial charge in [0.05, 0.1) is 10.5 Å². The zero-order valence-corrected chi connectivity index (χ0v) is 11.5. The summed E-state index contributed by atoms with van der Waals surface area (Å²) in [6.07, 6.45) is 5.42. The number of amides is 1. The Balaban J connectivity index is 2.20. The van der Waals surface area contributed by atoms with E-state index in [4.69, 9.17) is 0 Å². The first kappa shape index (κ1) is 14.3. The summed E-state index contributed by atoms with van der Waals surface area (Å²) in [6, 6.07) is 4.72. The van der Waals surface area contributed by atoms with Crippen molar-refractivity contribution in [3.8, 4) is 0 Å². The SMILES string of the molecule is CNc1c(C(=O)NC2CCCCC2)cccc1[N+](=O)[O-]. The first-order chi connectivity index (χ1) is 9.63. The predicted molar refractivity (Wildman–Crippen MR) is 77.0 cm³/mol. The molecule has 0 bridgehead atoms. The molecule has 1 aromatic carbocycles. The molecule has 0 spiro atoms. The minimum atomic E-state index is -0.483. The standard InChI is InChI=1S/C14H19N3O3/c1-15-13-11(8-5-9-12(13)17(19)20)14(18)16-10-6-3-2-4-7-10/h5,8-10,15H,2-4,6-7H2,1H3,(H,16,18). The lowest BCUT2D eigenvalue weighted by atomic mass is 9.95. The van der Waals surface area contributed by atoms with Crippen LogP contribution < -0.4 is 10.6 Å². The van der Waals surface area contributed by atoms with E-state index in [1.165, 1.54) is 18.6 Å². The first-order valence-corrected chi connectivity index (χ1v) is 6.89. The number of nitrogens with zero attached hydrogens (tertiary/aromatic N) is 1. The summed E-state index contributed by atoms with van der Waals surface area (Å²) in [5.74, 6) is -0.245. The molecule has 1 aromatic rings. The van der Waals surface area contributed by atoms with Gasteiger partial charge in [0, 0.05) is 19.2 Å². The molecule has 0 aliphatic heterocycles. The van der Waals surface area contributed by atoms with E-state index in [1.54, 1.807) is 13.1 Å². The summed E-state index contributed by atoms with van der Waals surface area (Å²) in [5.41, 5.74) is 0.516. The molecule has 0 heterocycles. The number of anilines is 1. The maximum absolute atomic E-state index is 12.3. The highest BCUT2D eigenvalue weighted by Crippen LogP contribution is 2.28. The van der Waals surface area contributed by atoms with Gasteiger partial charge in [-0.05, 0) is 18.9 Å². The molecule has 0 atom stereocenters. The van der Waals surface area contributed by atoms with Crippen molar-refractivity contribution >= 4 is 17.3 Å². The second-order valence-corrected chi connectivity index (χ2v) is 5.02. The number of carbonyl (C=O) groups excluding carboxylic acids is 1. The molecule has 0 saturated heterocycles. The average Bonchev–Trinajstić information content (AvgIpc) is 2.47. The largest absolute Gasteiger partial charge is 0.382 e. The third kappa shape index (κ3) is 3.07. The number of benzene rings is 1. The van der Waals surface area contributed by atoms with Gasteiger partial charge in [0.1, 0.15) is 5.69 Å². The number of nitro benzene ring substituents is 1. The Morgan fingerprint density at radius 1 is 1.30 bits per heavy atom. The van der Waals surface area contributed by atoms with E-state index in [2.05, 4.69) is 10.6 Å². The number of hydrogen-bond acceptors (Lipinski definition) is 4. The number of hydrogen-bond donors (Lipinski definition) is 2. The highest BCUT2D eigenvalue weighted by atomic mass is 16.6. The van der Waals surface area contributed by atoms with Crippen molar-refractivity contribution in [2.45, 2.75) is 38.1 Å². The van der Waals surface area contributed by atoms with Crippen molar-refractivity contribution in [1.82, 2.24) is 5.32 Å².